The van der Waals surface area contributed by atoms with Crippen LogP contribution in [-0.4, -0.2) is 23.3 Å². The van der Waals surface area contributed by atoms with E-state index in [0.29, 0.717) is 5.92 Å². The van der Waals surface area contributed by atoms with Crippen LogP contribution in [0.5, 0.6) is 0 Å². The highest BCUT2D eigenvalue weighted by atomic mass is 16.7. The minimum Gasteiger partial charge on any atom is -0.400 e. The molecule has 2 aliphatic rings. The molecule has 0 atom stereocenters. The summed E-state index contributed by atoms with van der Waals surface area (Å²) in [5, 5.41) is 0. The number of hydrogen-bond acceptors (Lipinski definition) is 3. The van der Waals surface area contributed by atoms with Crippen LogP contribution >= 0.6 is 0 Å². The van der Waals surface area contributed by atoms with E-state index in [4.69, 9.17) is 9.31 Å². The molecule has 1 aliphatic carbocycles. The predicted molar refractivity (Wildman–Crippen MR) is 81.3 cm³/mol. The Morgan fingerprint density at radius 1 is 1.20 bits per heavy atom. The van der Waals surface area contributed by atoms with Gasteiger partial charge in [0.25, 0.3) is 0 Å². The minimum atomic E-state index is -0.280. The normalized spacial score (nSPS) is 24.5. The van der Waals surface area contributed by atoms with Crippen LogP contribution in [0, 0.1) is 0 Å². The summed E-state index contributed by atoms with van der Waals surface area (Å²) in [4.78, 5) is 4.43. The second-order valence-corrected chi connectivity index (χ2v) is 6.77. The Morgan fingerprint density at radius 3 is 2.45 bits per heavy atom. The highest BCUT2D eigenvalue weighted by Gasteiger charge is 2.49. The van der Waals surface area contributed by atoms with E-state index in [1.54, 1.807) is 0 Å². The third kappa shape index (κ3) is 2.67. The Morgan fingerprint density at radius 2 is 1.85 bits per heavy atom. The molecule has 1 aromatic heterocycles. The third-order valence-electron chi connectivity index (χ3n) is 4.52. The fraction of sp³-hybridized carbons (Fsp3) is 0.562. The molecule has 1 saturated carbocycles. The van der Waals surface area contributed by atoms with Crippen LogP contribution in [0.25, 0.3) is 6.08 Å². The molecule has 1 aliphatic heterocycles. The van der Waals surface area contributed by atoms with Crippen molar-refractivity contribution in [1.29, 1.82) is 0 Å². The average molecular weight is 271 g/mol. The van der Waals surface area contributed by atoms with Crippen LogP contribution in [0.3, 0.4) is 0 Å². The van der Waals surface area contributed by atoms with Gasteiger partial charge in [-0.15, -0.1) is 0 Å². The van der Waals surface area contributed by atoms with Gasteiger partial charge in [0.05, 0.1) is 11.2 Å². The summed E-state index contributed by atoms with van der Waals surface area (Å²) in [5.74, 6) is 2.67. The lowest BCUT2D eigenvalue weighted by Gasteiger charge is -2.32. The van der Waals surface area contributed by atoms with Gasteiger partial charge in [-0.1, -0.05) is 12.1 Å². The van der Waals surface area contributed by atoms with Crippen molar-refractivity contribution in [1.82, 2.24) is 4.98 Å². The summed E-state index contributed by atoms with van der Waals surface area (Å²) >= 11 is 0. The Balaban J connectivity index is 1.70. The molecular weight excluding hydrogens is 249 g/mol. The predicted octanol–water partition coefficient (Wildman–Crippen LogP) is 3.60. The number of hydrogen-bond donors (Lipinski definition) is 0. The van der Waals surface area contributed by atoms with Crippen LogP contribution < -0.4 is 0 Å². The van der Waals surface area contributed by atoms with Crippen molar-refractivity contribution in [2.75, 3.05) is 0 Å². The summed E-state index contributed by atoms with van der Waals surface area (Å²) in [6.45, 7) is 8.27. The molecule has 0 N–H and O–H groups in total. The van der Waals surface area contributed by atoms with E-state index in [9.17, 15) is 0 Å². The first-order chi connectivity index (χ1) is 9.37. The topological polar surface area (TPSA) is 31.4 Å². The summed E-state index contributed by atoms with van der Waals surface area (Å²) in [5.41, 5.74) is 1.82. The van der Waals surface area contributed by atoms with E-state index in [-0.39, 0.29) is 18.3 Å². The van der Waals surface area contributed by atoms with Crippen LogP contribution in [-0.2, 0) is 9.31 Å². The Bertz CT molecular complexity index is 519. The zero-order valence-corrected chi connectivity index (χ0v) is 12.7. The van der Waals surface area contributed by atoms with Crippen LogP contribution in [0.2, 0.25) is 0 Å². The molecule has 2 heterocycles. The summed E-state index contributed by atoms with van der Waals surface area (Å²) in [6.07, 6.45) is 6.50. The summed E-state index contributed by atoms with van der Waals surface area (Å²) < 4.78 is 11.9. The van der Waals surface area contributed by atoms with E-state index < -0.39 is 0 Å². The first-order valence-corrected chi connectivity index (χ1v) is 7.37. The first kappa shape index (κ1) is 13.8. The number of nitrogens with zero attached hydrogens (tertiary/aromatic N) is 1. The van der Waals surface area contributed by atoms with Gasteiger partial charge >= 0.3 is 7.12 Å². The van der Waals surface area contributed by atoms with E-state index in [2.05, 4.69) is 44.8 Å². The van der Waals surface area contributed by atoms with E-state index in [1.807, 2.05) is 18.2 Å². The molecule has 20 heavy (non-hydrogen) atoms. The zero-order chi connectivity index (χ0) is 14.4. The minimum absolute atomic E-state index is 0.278. The molecule has 3 rings (SSSR count). The summed E-state index contributed by atoms with van der Waals surface area (Å²) in [7, 11) is -0.280. The molecule has 0 spiro atoms. The first-order valence-electron chi connectivity index (χ1n) is 7.37. The van der Waals surface area contributed by atoms with Crippen molar-refractivity contribution in [3.8, 4) is 0 Å². The smallest absolute Gasteiger partial charge is 0.400 e. The lowest BCUT2D eigenvalue weighted by atomic mass is 9.89. The van der Waals surface area contributed by atoms with Gasteiger partial charge in [0.2, 0.25) is 0 Å². The average Bonchev–Trinajstić information content (AvgIpc) is 3.16. The van der Waals surface area contributed by atoms with Crippen LogP contribution in [0.1, 0.15) is 57.7 Å². The molecule has 0 radical (unpaired) electrons. The molecule has 1 saturated heterocycles. The highest BCUT2D eigenvalue weighted by Crippen LogP contribution is 2.39. The third-order valence-corrected chi connectivity index (χ3v) is 4.52. The SMILES string of the molecule is CC1(C)OB(/C=C/c2ccnc(C3CC3)c2)OC1(C)C. The quantitative estimate of drug-likeness (QED) is 0.787. The Labute approximate surface area is 121 Å². The number of aromatic nitrogens is 1. The van der Waals surface area contributed by atoms with Crippen molar-refractivity contribution >= 4 is 13.2 Å². The van der Waals surface area contributed by atoms with Crippen molar-refractivity contribution in [2.24, 2.45) is 0 Å². The molecule has 3 nitrogen and oxygen atoms in total. The molecule has 1 aromatic rings. The molecular formula is C16H22BNO2. The molecule has 4 heteroatoms. The van der Waals surface area contributed by atoms with Gasteiger partial charge in [-0.05, 0) is 58.2 Å². The molecule has 2 fully saturated rings. The highest BCUT2D eigenvalue weighted by molar-refractivity contribution is 6.52. The van der Waals surface area contributed by atoms with E-state index in [1.165, 1.54) is 18.5 Å². The molecule has 0 amide bonds. The van der Waals surface area contributed by atoms with Gasteiger partial charge in [0.1, 0.15) is 0 Å². The van der Waals surface area contributed by atoms with Crippen LogP contribution in [0.15, 0.2) is 24.3 Å². The fourth-order valence-corrected chi connectivity index (χ4v) is 2.33. The van der Waals surface area contributed by atoms with E-state index in [0.717, 1.165) is 5.56 Å². The number of pyridine rings is 1. The van der Waals surface area contributed by atoms with Gasteiger partial charge in [0.15, 0.2) is 0 Å². The standard InChI is InChI=1S/C16H22BNO2/c1-15(2)16(3,4)20-17(19-15)9-7-12-8-10-18-14(11-12)13-5-6-13/h7-11,13H,5-6H2,1-4H3/b9-7+. The molecule has 0 unspecified atom stereocenters. The van der Waals surface area contributed by atoms with Gasteiger partial charge in [-0.2, -0.15) is 0 Å². The fourth-order valence-electron chi connectivity index (χ4n) is 2.33. The second kappa shape index (κ2) is 4.71. The molecule has 0 aromatic carbocycles. The van der Waals surface area contributed by atoms with Gasteiger partial charge in [-0.3, -0.25) is 4.98 Å². The number of rotatable bonds is 3. The molecule has 106 valence electrons. The van der Waals surface area contributed by atoms with Gasteiger partial charge in [-0.25, -0.2) is 0 Å². The summed E-state index contributed by atoms with van der Waals surface area (Å²) in [6, 6.07) is 4.19. The van der Waals surface area contributed by atoms with E-state index >= 15 is 0 Å². The zero-order valence-electron chi connectivity index (χ0n) is 12.7. The van der Waals surface area contributed by atoms with Crippen LogP contribution in [0.4, 0.5) is 0 Å². The largest absolute Gasteiger partial charge is 0.487 e. The lowest BCUT2D eigenvalue weighted by Crippen LogP contribution is -2.41. The maximum Gasteiger partial charge on any atom is 0.487 e. The molecule has 0 bridgehead atoms. The Kier molecular flexibility index (Phi) is 3.26. The lowest BCUT2D eigenvalue weighted by molar-refractivity contribution is 0.00578. The Hall–Kier alpha value is -1.13. The van der Waals surface area contributed by atoms with Gasteiger partial charge in [0, 0.05) is 17.8 Å². The maximum absolute atomic E-state index is 5.95. The van der Waals surface area contributed by atoms with Crippen molar-refractivity contribution in [3.05, 3.63) is 35.6 Å². The van der Waals surface area contributed by atoms with Gasteiger partial charge < -0.3 is 9.31 Å². The maximum atomic E-state index is 5.95. The van der Waals surface area contributed by atoms with Crippen molar-refractivity contribution < 1.29 is 9.31 Å². The monoisotopic (exact) mass is 271 g/mol. The van der Waals surface area contributed by atoms with Crippen molar-refractivity contribution in [2.45, 2.75) is 57.7 Å². The van der Waals surface area contributed by atoms with Crippen molar-refractivity contribution in [3.63, 3.8) is 0 Å². The second-order valence-electron chi connectivity index (χ2n) is 6.77.